The highest BCUT2D eigenvalue weighted by Crippen LogP contribution is 2.60. The van der Waals surface area contributed by atoms with Gasteiger partial charge in [-0.15, -0.1) is 0 Å². The zero-order valence-electron chi connectivity index (χ0n) is 16.7. The van der Waals surface area contributed by atoms with Crippen LogP contribution >= 0.6 is 13.5 Å². The van der Waals surface area contributed by atoms with Gasteiger partial charge in [-0.25, -0.2) is 4.52 Å². The molecule has 4 aromatic carbocycles. The van der Waals surface area contributed by atoms with E-state index >= 15 is 0 Å². The molecule has 0 atom stereocenters. The van der Waals surface area contributed by atoms with Crippen LogP contribution in [0.15, 0.2) is 126 Å². The van der Waals surface area contributed by atoms with Crippen LogP contribution in [0.4, 0.5) is 0 Å². The van der Waals surface area contributed by atoms with Gasteiger partial charge in [0.1, 0.15) is 13.5 Å². The van der Waals surface area contributed by atoms with Crippen LogP contribution in [0.3, 0.4) is 0 Å². The summed E-state index contributed by atoms with van der Waals surface area (Å²) in [5, 5.41) is 4.28. The molecule has 150 valence electrons. The lowest BCUT2D eigenvalue weighted by molar-refractivity contribution is 0.467. The van der Waals surface area contributed by atoms with E-state index in [-0.39, 0.29) is 0 Å². The quantitative estimate of drug-likeness (QED) is 0.367. The predicted octanol–water partition coefficient (Wildman–Crippen LogP) is 5.45. The van der Waals surface area contributed by atoms with Crippen LogP contribution in [0.5, 0.6) is 0 Å². The van der Waals surface area contributed by atoms with Gasteiger partial charge in [0.2, 0.25) is 0 Å². The fourth-order valence-electron chi connectivity index (χ4n) is 3.45. The third-order valence-electron chi connectivity index (χ3n) is 4.94. The van der Waals surface area contributed by atoms with Crippen molar-refractivity contribution in [3.63, 3.8) is 0 Å². The van der Waals surface area contributed by atoms with Crippen LogP contribution in [0.1, 0.15) is 0 Å². The number of rotatable bonds is 6. The summed E-state index contributed by atoms with van der Waals surface area (Å²) >= 11 is 6.44. The van der Waals surface area contributed by atoms with Gasteiger partial charge >= 0.3 is 0 Å². The molecule has 0 fully saturated rings. The van der Waals surface area contributed by atoms with E-state index in [1.54, 1.807) is 7.11 Å². The van der Waals surface area contributed by atoms with E-state index in [4.69, 9.17) is 20.8 Å². The molecule has 0 aliphatic rings. The molecule has 0 radical (unpaired) electrons. The van der Waals surface area contributed by atoms with E-state index in [0.717, 1.165) is 21.2 Å². The van der Waals surface area contributed by atoms with Crippen LogP contribution in [-0.2, 0) is 16.3 Å². The average molecular weight is 447 g/mol. The summed E-state index contributed by atoms with van der Waals surface area (Å²) in [5.74, 6) is 0. The van der Waals surface area contributed by atoms with Crippen molar-refractivity contribution in [2.45, 2.75) is 0 Å². The summed E-state index contributed by atoms with van der Waals surface area (Å²) in [6, 6.07) is 41.1. The Kier molecular flexibility index (Phi) is 6.46. The van der Waals surface area contributed by atoms with E-state index in [9.17, 15) is 0 Å². The summed E-state index contributed by atoms with van der Waals surface area (Å²) in [5.41, 5.74) is 0. The Morgan fingerprint density at radius 2 is 0.833 bits per heavy atom. The monoisotopic (exact) mass is 447 g/mol. The van der Waals surface area contributed by atoms with Crippen LogP contribution in [0, 0.1) is 0 Å². The fraction of sp³-hybridized carbons (Fsp3) is 0.0400. The molecule has 0 amide bonds. The first-order valence-electron chi connectivity index (χ1n) is 9.71. The van der Waals surface area contributed by atoms with Crippen molar-refractivity contribution in [2.24, 2.45) is 4.52 Å². The number of benzene rings is 4. The molecular formula is C25H23NOP2S. The minimum Gasteiger partial charge on any atom is -0.340 e. The van der Waals surface area contributed by atoms with Gasteiger partial charge in [0.15, 0.2) is 0 Å². The molecule has 0 saturated carbocycles. The first-order chi connectivity index (χ1) is 14.7. The third-order valence-corrected chi connectivity index (χ3v) is 13.4. The van der Waals surface area contributed by atoms with Crippen molar-refractivity contribution >= 4 is 46.5 Å². The molecule has 30 heavy (non-hydrogen) atoms. The zero-order chi connectivity index (χ0) is 20.9. The third kappa shape index (κ3) is 4.00. The molecular weight excluding hydrogens is 424 g/mol. The Morgan fingerprint density at radius 1 is 0.533 bits per heavy atom. The average Bonchev–Trinajstić information content (AvgIpc) is 2.85. The van der Waals surface area contributed by atoms with Gasteiger partial charge in [0, 0.05) is 28.3 Å². The SMILES string of the molecule is COP(=NP(=S)(c1ccccc1)c1ccccc1)(c1ccccc1)c1ccccc1. The van der Waals surface area contributed by atoms with Crippen LogP contribution < -0.4 is 21.2 Å². The van der Waals surface area contributed by atoms with Gasteiger partial charge in [0.25, 0.3) is 0 Å². The highest BCUT2D eigenvalue weighted by atomic mass is 32.4. The summed E-state index contributed by atoms with van der Waals surface area (Å²) < 4.78 is 11.9. The van der Waals surface area contributed by atoms with Gasteiger partial charge in [0.05, 0.1) is 0 Å². The lowest BCUT2D eigenvalue weighted by Crippen LogP contribution is -2.20. The first-order valence-corrected chi connectivity index (χ1v) is 14.1. The highest BCUT2D eigenvalue weighted by molar-refractivity contribution is 8.22. The van der Waals surface area contributed by atoms with Gasteiger partial charge < -0.3 is 4.52 Å². The zero-order valence-corrected chi connectivity index (χ0v) is 19.3. The van der Waals surface area contributed by atoms with E-state index in [0.29, 0.717) is 0 Å². The maximum atomic E-state index is 6.44. The second-order valence-electron chi connectivity index (χ2n) is 6.77. The Hall–Kier alpha value is -2.28. The smallest absolute Gasteiger partial charge is 0.148 e. The summed E-state index contributed by atoms with van der Waals surface area (Å²) in [6.07, 6.45) is -2.51. The van der Waals surface area contributed by atoms with E-state index in [1.165, 1.54) is 0 Å². The van der Waals surface area contributed by atoms with Gasteiger partial charge in [-0.3, -0.25) is 0 Å². The molecule has 4 aromatic rings. The van der Waals surface area contributed by atoms with E-state index in [1.807, 2.05) is 72.8 Å². The molecule has 0 aliphatic carbocycles. The molecule has 4 rings (SSSR count). The van der Waals surface area contributed by atoms with Crippen molar-refractivity contribution in [3.05, 3.63) is 121 Å². The number of hydrogen-bond acceptors (Lipinski definition) is 2. The van der Waals surface area contributed by atoms with Crippen LogP contribution in [0.2, 0.25) is 0 Å². The second kappa shape index (κ2) is 9.25. The largest absolute Gasteiger partial charge is 0.340 e. The molecule has 5 heteroatoms. The summed E-state index contributed by atoms with van der Waals surface area (Å²) in [7, 11) is -0.807. The van der Waals surface area contributed by atoms with Gasteiger partial charge in [-0.2, -0.15) is 0 Å². The lowest BCUT2D eigenvalue weighted by Gasteiger charge is -2.29. The van der Waals surface area contributed by atoms with Crippen molar-refractivity contribution in [1.29, 1.82) is 0 Å². The minimum absolute atomic E-state index is 1.07. The molecule has 0 N–H and O–H groups in total. The molecule has 0 aromatic heterocycles. The highest BCUT2D eigenvalue weighted by Gasteiger charge is 2.31. The predicted molar refractivity (Wildman–Crippen MR) is 135 cm³/mol. The maximum absolute atomic E-state index is 6.44. The number of hydrogen-bond donors (Lipinski definition) is 0. The standard InChI is InChI=1S/C25H23NOP2S/c1-27-28(22-14-6-2-7-15-22,23-16-8-3-9-17-23)26-29(30,24-18-10-4-11-19-24)25-20-12-5-13-21-25/h2-21H,1H3. The Balaban J connectivity index is 2.10. The van der Waals surface area contributed by atoms with Crippen molar-refractivity contribution < 1.29 is 4.52 Å². The van der Waals surface area contributed by atoms with Crippen LogP contribution in [0.25, 0.3) is 0 Å². The van der Waals surface area contributed by atoms with Gasteiger partial charge in [-0.1, -0.05) is 133 Å². The van der Waals surface area contributed by atoms with E-state index < -0.39 is 13.5 Å². The number of nitrogens with zero attached hydrogens (tertiary/aromatic N) is 1. The Labute approximate surface area is 183 Å². The van der Waals surface area contributed by atoms with Crippen molar-refractivity contribution in [2.75, 3.05) is 7.11 Å². The molecule has 0 unspecified atom stereocenters. The van der Waals surface area contributed by atoms with E-state index in [2.05, 4.69) is 48.5 Å². The topological polar surface area (TPSA) is 21.6 Å². The first kappa shape index (κ1) is 21.0. The van der Waals surface area contributed by atoms with Crippen molar-refractivity contribution in [1.82, 2.24) is 0 Å². The fourth-order valence-corrected chi connectivity index (χ4v) is 11.8. The normalized spacial score (nSPS) is 11.8. The van der Waals surface area contributed by atoms with Crippen molar-refractivity contribution in [3.8, 4) is 0 Å². The minimum atomic E-state index is -2.56. The molecule has 0 bridgehead atoms. The Morgan fingerprint density at radius 3 is 1.13 bits per heavy atom. The second-order valence-corrected chi connectivity index (χ2v) is 13.8. The molecule has 2 nitrogen and oxygen atoms in total. The molecule has 0 aliphatic heterocycles. The molecule has 0 spiro atoms. The maximum Gasteiger partial charge on any atom is 0.148 e. The molecule has 0 saturated heterocycles. The summed E-state index contributed by atoms with van der Waals surface area (Å²) in [4.78, 5) is 0. The Bertz CT molecular complexity index is 1110. The molecule has 0 heterocycles. The lowest BCUT2D eigenvalue weighted by atomic mass is 10.4. The summed E-state index contributed by atoms with van der Waals surface area (Å²) in [6.45, 7) is 0. The van der Waals surface area contributed by atoms with Crippen LogP contribution in [-0.4, -0.2) is 7.11 Å². The van der Waals surface area contributed by atoms with Gasteiger partial charge in [-0.05, 0) is 0 Å².